The molecule has 7 heteroatoms. The molecule has 2 heterocycles. The van der Waals surface area contributed by atoms with Gasteiger partial charge in [-0.3, -0.25) is 4.79 Å². The van der Waals surface area contributed by atoms with E-state index in [-0.39, 0.29) is 34.8 Å². The van der Waals surface area contributed by atoms with Gasteiger partial charge in [0, 0.05) is 12.1 Å². The van der Waals surface area contributed by atoms with Crippen LogP contribution >= 0.6 is 0 Å². The Balaban J connectivity index is 1.46. The van der Waals surface area contributed by atoms with Crippen LogP contribution in [-0.2, 0) is 9.47 Å². The van der Waals surface area contributed by atoms with Crippen molar-refractivity contribution in [1.82, 2.24) is 0 Å². The van der Waals surface area contributed by atoms with Crippen LogP contribution in [-0.4, -0.2) is 54.6 Å². The van der Waals surface area contributed by atoms with Crippen molar-refractivity contribution in [1.29, 1.82) is 0 Å². The van der Waals surface area contributed by atoms with Crippen molar-refractivity contribution < 1.29 is 34.0 Å². The molecule has 2 aromatic carbocycles. The summed E-state index contributed by atoms with van der Waals surface area (Å²) in [5.74, 6) is -0.0200. The molecule has 2 atom stereocenters. The molecule has 0 radical (unpaired) electrons. The van der Waals surface area contributed by atoms with Gasteiger partial charge in [-0.05, 0) is 24.3 Å². The van der Waals surface area contributed by atoms with E-state index in [1.54, 1.807) is 12.1 Å². The molecule has 26 heavy (non-hydrogen) atoms. The van der Waals surface area contributed by atoms with Gasteiger partial charge in [0.15, 0.2) is 5.78 Å². The fraction of sp³-hybridized carbons (Fsp3) is 0.316. The first-order chi connectivity index (χ1) is 12.6. The van der Waals surface area contributed by atoms with E-state index in [4.69, 9.17) is 18.9 Å². The lowest BCUT2D eigenvalue weighted by molar-refractivity contribution is 0.103. The molecule has 0 saturated carbocycles. The quantitative estimate of drug-likeness (QED) is 0.549. The molecule has 0 amide bonds. The topological polar surface area (TPSA) is 101 Å². The van der Waals surface area contributed by atoms with E-state index < -0.39 is 5.78 Å². The van der Waals surface area contributed by atoms with Gasteiger partial charge in [-0.1, -0.05) is 0 Å². The Bertz CT molecular complexity index is 757. The van der Waals surface area contributed by atoms with Crippen LogP contribution in [0.2, 0.25) is 0 Å². The summed E-state index contributed by atoms with van der Waals surface area (Å²) >= 11 is 0. The summed E-state index contributed by atoms with van der Waals surface area (Å²) in [5.41, 5.74) is 0.158. The van der Waals surface area contributed by atoms with Crippen LogP contribution in [0, 0.1) is 0 Å². The van der Waals surface area contributed by atoms with Gasteiger partial charge >= 0.3 is 0 Å². The van der Waals surface area contributed by atoms with Gasteiger partial charge in [-0.15, -0.1) is 0 Å². The highest BCUT2D eigenvalue weighted by Crippen LogP contribution is 2.31. The molecule has 2 unspecified atom stereocenters. The number of phenols is 2. The summed E-state index contributed by atoms with van der Waals surface area (Å²) in [4.78, 5) is 12.6. The predicted molar refractivity (Wildman–Crippen MR) is 90.1 cm³/mol. The zero-order valence-electron chi connectivity index (χ0n) is 13.9. The minimum atomic E-state index is -0.492. The number of hydrogen-bond donors (Lipinski definition) is 2. The average molecular weight is 358 g/mol. The van der Waals surface area contributed by atoms with Crippen molar-refractivity contribution in [2.45, 2.75) is 12.2 Å². The number of rotatable bonds is 8. The van der Waals surface area contributed by atoms with E-state index in [2.05, 4.69) is 0 Å². The van der Waals surface area contributed by atoms with E-state index >= 15 is 0 Å². The van der Waals surface area contributed by atoms with Crippen molar-refractivity contribution >= 4 is 5.78 Å². The Hall–Kier alpha value is -2.77. The van der Waals surface area contributed by atoms with Crippen molar-refractivity contribution in [3.8, 4) is 23.0 Å². The van der Waals surface area contributed by atoms with Crippen molar-refractivity contribution in [3.63, 3.8) is 0 Å². The van der Waals surface area contributed by atoms with Gasteiger partial charge in [0.25, 0.3) is 0 Å². The van der Waals surface area contributed by atoms with Crippen LogP contribution in [0.3, 0.4) is 0 Å². The summed E-state index contributed by atoms with van der Waals surface area (Å²) in [6.07, 6.45) is 0.199. The zero-order valence-corrected chi connectivity index (χ0v) is 13.9. The largest absolute Gasteiger partial charge is 0.507 e. The van der Waals surface area contributed by atoms with Gasteiger partial charge < -0.3 is 29.2 Å². The summed E-state index contributed by atoms with van der Waals surface area (Å²) in [5, 5.41) is 20.3. The molecule has 0 spiro atoms. The number of ketones is 1. The minimum absolute atomic E-state index is 0.0790. The number of benzene rings is 2. The third kappa shape index (κ3) is 3.89. The smallest absolute Gasteiger partial charge is 0.200 e. The molecule has 0 aromatic heterocycles. The van der Waals surface area contributed by atoms with Crippen LogP contribution in [0.15, 0.2) is 36.4 Å². The van der Waals surface area contributed by atoms with Crippen LogP contribution in [0.1, 0.15) is 15.9 Å². The zero-order chi connectivity index (χ0) is 18.1. The number of ether oxygens (including phenoxy) is 4. The molecule has 136 valence electrons. The second-order valence-corrected chi connectivity index (χ2v) is 6.22. The Morgan fingerprint density at radius 3 is 1.65 bits per heavy atom. The molecular weight excluding hydrogens is 340 g/mol. The second-order valence-electron chi connectivity index (χ2n) is 6.22. The fourth-order valence-electron chi connectivity index (χ4n) is 2.44. The normalized spacial score (nSPS) is 20.5. The molecule has 2 aliphatic heterocycles. The van der Waals surface area contributed by atoms with Gasteiger partial charge in [0.05, 0.1) is 24.3 Å². The van der Waals surface area contributed by atoms with Crippen molar-refractivity contribution in [2.75, 3.05) is 26.4 Å². The first-order valence-electron chi connectivity index (χ1n) is 8.29. The summed E-state index contributed by atoms with van der Waals surface area (Å²) in [7, 11) is 0. The van der Waals surface area contributed by atoms with Crippen molar-refractivity contribution in [2.24, 2.45) is 0 Å². The van der Waals surface area contributed by atoms with Gasteiger partial charge in [0.2, 0.25) is 0 Å². The lowest BCUT2D eigenvalue weighted by Gasteiger charge is -2.10. The predicted octanol–water partition coefficient (Wildman–Crippen LogP) is 1.88. The molecule has 2 saturated heterocycles. The standard InChI is InChI=1S/C19H18O7/c20-17-5-11(23-7-13-9-25-13)1-3-15(17)19(22)16-4-2-12(6-18(16)21)24-8-14-10-26-14/h1-6,13-14,20-21H,7-10H2. The van der Waals surface area contributed by atoms with Crippen LogP contribution in [0.4, 0.5) is 0 Å². The monoisotopic (exact) mass is 358 g/mol. The third-order valence-corrected chi connectivity index (χ3v) is 4.10. The van der Waals surface area contributed by atoms with E-state index in [1.807, 2.05) is 0 Å². The maximum atomic E-state index is 12.6. The number of epoxide rings is 2. The number of carbonyl (C=O) groups excluding carboxylic acids is 1. The fourth-order valence-corrected chi connectivity index (χ4v) is 2.44. The average Bonchev–Trinajstić information content (AvgIpc) is 3.53. The lowest BCUT2D eigenvalue weighted by Crippen LogP contribution is -2.06. The Morgan fingerprint density at radius 2 is 1.31 bits per heavy atom. The number of aromatic hydroxyl groups is 2. The minimum Gasteiger partial charge on any atom is -0.507 e. The SMILES string of the molecule is O=C(c1ccc(OCC2CO2)cc1O)c1ccc(OCC2CO2)cc1O. The first-order valence-corrected chi connectivity index (χ1v) is 8.29. The molecule has 2 N–H and O–H groups in total. The van der Waals surface area contributed by atoms with Crippen LogP contribution < -0.4 is 9.47 Å². The molecule has 2 fully saturated rings. The summed E-state index contributed by atoms with van der Waals surface area (Å²) in [6, 6.07) is 8.88. The maximum absolute atomic E-state index is 12.6. The van der Waals surface area contributed by atoms with Crippen LogP contribution in [0.25, 0.3) is 0 Å². The van der Waals surface area contributed by atoms with E-state index in [0.29, 0.717) is 37.9 Å². The molecule has 2 aliphatic rings. The molecule has 7 nitrogen and oxygen atoms in total. The first kappa shape index (κ1) is 16.7. The van der Waals surface area contributed by atoms with Crippen LogP contribution in [0.5, 0.6) is 23.0 Å². The Labute approximate surface area is 149 Å². The van der Waals surface area contributed by atoms with Gasteiger partial charge in [-0.2, -0.15) is 0 Å². The maximum Gasteiger partial charge on any atom is 0.200 e. The summed E-state index contributed by atoms with van der Waals surface area (Å²) < 4.78 is 21.0. The summed E-state index contributed by atoms with van der Waals surface area (Å²) in [6.45, 7) is 2.16. The molecular formula is C19H18O7. The van der Waals surface area contributed by atoms with E-state index in [0.717, 1.165) is 0 Å². The third-order valence-electron chi connectivity index (χ3n) is 4.10. The highest BCUT2D eigenvalue weighted by molar-refractivity contribution is 6.12. The second kappa shape index (κ2) is 6.86. The van der Waals surface area contributed by atoms with E-state index in [1.165, 1.54) is 24.3 Å². The molecule has 2 aromatic rings. The molecule has 0 bridgehead atoms. The lowest BCUT2D eigenvalue weighted by atomic mass is 10.0. The Kier molecular flexibility index (Phi) is 4.40. The number of hydrogen-bond acceptors (Lipinski definition) is 7. The number of carbonyl (C=O) groups is 1. The van der Waals surface area contributed by atoms with Crippen molar-refractivity contribution in [3.05, 3.63) is 47.5 Å². The molecule has 0 aliphatic carbocycles. The molecule has 4 rings (SSSR count). The highest BCUT2D eigenvalue weighted by atomic mass is 16.6. The van der Waals surface area contributed by atoms with Gasteiger partial charge in [0.1, 0.15) is 48.4 Å². The van der Waals surface area contributed by atoms with E-state index in [9.17, 15) is 15.0 Å². The van der Waals surface area contributed by atoms with Gasteiger partial charge in [-0.25, -0.2) is 0 Å². The highest BCUT2D eigenvalue weighted by Gasteiger charge is 2.25. The Morgan fingerprint density at radius 1 is 0.885 bits per heavy atom. The number of phenolic OH excluding ortho intramolecular Hbond substituents is 2.